The number of epoxide rings is 1. The van der Waals surface area contributed by atoms with Gasteiger partial charge in [-0.25, -0.2) is 0 Å². The molecule has 1 atom stereocenters. The van der Waals surface area contributed by atoms with E-state index in [2.05, 4.69) is 24.3 Å². The van der Waals surface area contributed by atoms with E-state index in [0.29, 0.717) is 6.61 Å². The summed E-state index contributed by atoms with van der Waals surface area (Å²) < 4.78 is 11.0. The lowest BCUT2D eigenvalue weighted by atomic mass is 10.1. The smallest absolute Gasteiger partial charge is 0.133 e. The fourth-order valence-corrected chi connectivity index (χ4v) is 1.70. The molecule has 0 saturated carbocycles. The maximum absolute atomic E-state index is 5.87. The highest BCUT2D eigenvalue weighted by atomic mass is 16.6. The molecule has 0 aromatic heterocycles. The van der Waals surface area contributed by atoms with Gasteiger partial charge in [0, 0.05) is 11.1 Å². The molecule has 1 saturated heterocycles. The van der Waals surface area contributed by atoms with E-state index in [4.69, 9.17) is 9.47 Å². The SMILES string of the molecule is C/C=C\c1cccc(/C=C\C)c1OCC1CO1. The number of hydrogen-bond acceptors (Lipinski definition) is 2. The molecule has 1 aliphatic rings. The Morgan fingerprint density at radius 1 is 1.24 bits per heavy atom. The molecule has 1 fully saturated rings. The minimum absolute atomic E-state index is 0.284. The van der Waals surface area contributed by atoms with E-state index in [1.807, 2.05) is 32.1 Å². The van der Waals surface area contributed by atoms with Gasteiger partial charge < -0.3 is 9.47 Å². The van der Waals surface area contributed by atoms with Gasteiger partial charge in [-0.3, -0.25) is 0 Å². The number of hydrogen-bond donors (Lipinski definition) is 0. The molecule has 0 spiro atoms. The van der Waals surface area contributed by atoms with Gasteiger partial charge in [-0.1, -0.05) is 42.5 Å². The average Bonchev–Trinajstić information content (AvgIpc) is 3.13. The summed E-state index contributed by atoms with van der Waals surface area (Å²) >= 11 is 0. The summed E-state index contributed by atoms with van der Waals surface area (Å²) in [6.45, 7) is 5.48. The highest BCUT2D eigenvalue weighted by Gasteiger charge is 2.23. The Kier molecular flexibility index (Phi) is 3.99. The van der Waals surface area contributed by atoms with Crippen LogP contribution in [0.2, 0.25) is 0 Å². The minimum Gasteiger partial charge on any atom is -0.490 e. The molecule has 2 heteroatoms. The van der Waals surface area contributed by atoms with Crippen molar-refractivity contribution in [2.24, 2.45) is 0 Å². The third-order valence-corrected chi connectivity index (χ3v) is 2.58. The molecule has 1 aromatic carbocycles. The summed E-state index contributed by atoms with van der Waals surface area (Å²) in [5, 5.41) is 0. The fourth-order valence-electron chi connectivity index (χ4n) is 1.70. The van der Waals surface area contributed by atoms with Crippen LogP contribution in [0.15, 0.2) is 30.4 Å². The zero-order valence-corrected chi connectivity index (χ0v) is 10.3. The van der Waals surface area contributed by atoms with Crippen LogP contribution in [0.1, 0.15) is 25.0 Å². The Balaban J connectivity index is 2.26. The molecule has 1 aliphatic heterocycles. The predicted molar refractivity (Wildman–Crippen MR) is 71.1 cm³/mol. The first kappa shape index (κ1) is 11.9. The minimum atomic E-state index is 0.284. The molecule has 1 unspecified atom stereocenters. The molecule has 17 heavy (non-hydrogen) atoms. The molecule has 1 heterocycles. The van der Waals surface area contributed by atoms with Crippen molar-refractivity contribution in [3.8, 4) is 5.75 Å². The highest BCUT2D eigenvalue weighted by Crippen LogP contribution is 2.27. The lowest BCUT2D eigenvalue weighted by molar-refractivity contribution is 0.262. The molecule has 0 amide bonds. The Bertz CT molecular complexity index is 398. The first-order chi connectivity index (χ1) is 8.35. The first-order valence-corrected chi connectivity index (χ1v) is 5.98. The maximum atomic E-state index is 5.87. The normalized spacial score (nSPS) is 19.1. The summed E-state index contributed by atoms with van der Waals surface area (Å²) in [5.41, 5.74) is 2.23. The molecule has 90 valence electrons. The summed E-state index contributed by atoms with van der Waals surface area (Å²) in [7, 11) is 0. The summed E-state index contributed by atoms with van der Waals surface area (Å²) in [6, 6.07) is 6.18. The molecule has 0 radical (unpaired) electrons. The van der Waals surface area contributed by atoms with Crippen LogP contribution in [0.5, 0.6) is 5.75 Å². The Morgan fingerprint density at radius 2 is 1.82 bits per heavy atom. The van der Waals surface area contributed by atoms with E-state index >= 15 is 0 Å². The molecule has 2 rings (SSSR count). The van der Waals surface area contributed by atoms with Crippen LogP contribution in [-0.4, -0.2) is 19.3 Å². The van der Waals surface area contributed by atoms with Crippen molar-refractivity contribution in [1.29, 1.82) is 0 Å². The van der Waals surface area contributed by atoms with Crippen molar-refractivity contribution >= 4 is 12.2 Å². The van der Waals surface area contributed by atoms with Gasteiger partial charge in [-0.15, -0.1) is 0 Å². The standard InChI is InChI=1S/C15H18O2/c1-3-6-12-8-5-9-13(7-4-2)15(12)17-11-14-10-16-14/h3-9,14H,10-11H2,1-2H3/b6-3-,7-4-. The molecular formula is C15H18O2. The molecule has 0 aliphatic carbocycles. The number of para-hydroxylation sites is 1. The Morgan fingerprint density at radius 3 is 2.29 bits per heavy atom. The van der Waals surface area contributed by atoms with Crippen molar-refractivity contribution in [2.75, 3.05) is 13.2 Å². The second kappa shape index (κ2) is 5.69. The van der Waals surface area contributed by atoms with Gasteiger partial charge in [0.2, 0.25) is 0 Å². The quantitative estimate of drug-likeness (QED) is 0.722. The van der Waals surface area contributed by atoms with E-state index < -0.39 is 0 Å². The first-order valence-electron chi connectivity index (χ1n) is 5.98. The fraction of sp³-hybridized carbons (Fsp3) is 0.333. The number of benzene rings is 1. The van der Waals surface area contributed by atoms with E-state index in [-0.39, 0.29) is 6.10 Å². The van der Waals surface area contributed by atoms with Crippen molar-refractivity contribution in [3.05, 3.63) is 41.5 Å². The predicted octanol–water partition coefficient (Wildman–Crippen LogP) is 3.53. The molecular weight excluding hydrogens is 212 g/mol. The largest absolute Gasteiger partial charge is 0.490 e. The molecule has 0 N–H and O–H groups in total. The van der Waals surface area contributed by atoms with Crippen molar-refractivity contribution in [2.45, 2.75) is 20.0 Å². The van der Waals surface area contributed by atoms with Crippen molar-refractivity contribution < 1.29 is 9.47 Å². The zero-order chi connectivity index (χ0) is 12.1. The lowest BCUT2D eigenvalue weighted by Gasteiger charge is -2.11. The van der Waals surface area contributed by atoms with E-state index in [1.54, 1.807) is 0 Å². The number of rotatable bonds is 5. The Hall–Kier alpha value is -1.54. The summed E-state index contributed by atoms with van der Waals surface area (Å²) in [5.74, 6) is 0.944. The van der Waals surface area contributed by atoms with Crippen LogP contribution in [0, 0.1) is 0 Å². The van der Waals surface area contributed by atoms with Crippen LogP contribution >= 0.6 is 0 Å². The highest BCUT2D eigenvalue weighted by molar-refractivity contribution is 5.67. The second-order valence-corrected chi connectivity index (χ2v) is 4.03. The van der Waals surface area contributed by atoms with Crippen LogP contribution in [0.4, 0.5) is 0 Å². The van der Waals surface area contributed by atoms with E-state index in [0.717, 1.165) is 23.5 Å². The van der Waals surface area contributed by atoms with E-state index in [9.17, 15) is 0 Å². The zero-order valence-electron chi connectivity index (χ0n) is 10.3. The summed E-state index contributed by atoms with van der Waals surface area (Å²) in [4.78, 5) is 0. The maximum Gasteiger partial charge on any atom is 0.133 e. The number of ether oxygens (including phenoxy) is 2. The second-order valence-electron chi connectivity index (χ2n) is 4.03. The molecule has 1 aromatic rings. The topological polar surface area (TPSA) is 21.8 Å². The lowest BCUT2D eigenvalue weighted by Crippen LogP contribution is -2.06. The third-order valence-electron chi connectivity index (χ3n) is 2.58. The van der Waals surface area contributed by atoms with Gasteiger partial charge in [0.05, 0.1) is 6.61 Å². The van der Waals surface area contributed by atoms with Gasteiger partial charge in [0.1, 0.15) is 18.5 Å². The third kappa shape index (κ3) is 3.21. The van der Waals surface area contributed by atoms with Crippen LogP contribution < -0.4 is 4.74 Å². The van der Waals surface area contributed by atoms with Crippen molar-refractivity contribution in [1.82, 2.24) is 0 Å². The van der Waals surface area contributed by atoms with Crippen LogP contribution in [0.25, 0.3) is 12.2 Å². The van der Waals surface area contributed by atoms with Crippen molar-refractivity contribution in [3.63, 3.8) is 0 Å². The molecule has 2 nitrogen and oxygen atoms in total. The van der Waals surface area contributed by atoms with E-state index in [1.165, 1.54) is 0 Å². The summed E-state index contributed by atoms with van der Waals surface area (Å²) in [6.07, 6.45) is 8.46. The average molecular weight is 230 g/mol. The molecule has 0 bridgehead atoms. The van der Waals surface area contributed by atoms with Crippen LogP contribution in [-0.2, 0) is 4.74 Å². The van der Waals surface area contributed by atoms with Gasteiger partial charge in [0.15, 0.2) is 0 Å². The van der Waals surface area contributed by atoms with Crippen LogP contribution in [0.3, 0.4) is 0 Å². The van der Waals surface area contributed by atoms with Gasteiger partial charge in [0.25, 0.3) is 0 Å². The van der Waals surface area contributed by atoms with Gasteiger partial charge in [-0.2, -0.15) is 0 Å². The van der Waals surface area contributed by atoms with Gasteiger partial charge in [-0.05, 0) is 13.8 Å². The number of allylic oxidation sites excluding steroid dienone is 2. The monoisotopic (exact) mass is 230 g/mol. The van der Waals surface area contributed by atoms with Gasteiger partial charge >= 0.3 is 0 Å². The Labute approximate surface area is 103 Å².